The van der Waals surface area contributed by atoms with Crippen molar-refractivity contribution in [1.29, 1.82) is 0 Å². The predicted molar refractivity (Wildman–Crippen MR) is 70.1 cm³/mol. The number of aryl methyl sites for hydroxylation is 2. The van der Waals surface area contributed by atoms with Gasteiger partial charge in [-0.2, -0.15) is 0 Å². The van der Waals surface area contributed by atoms with Crippen molar-refractivity contribution in [2.75, 3.05) is 6.54 Å². The first-order valence-electron chi connectivity index (χ1n) is 6.16. The van der Waals surface area contributed by atoms with Crippen LogP contribution in [0.2, 0.25) is 0 Å². The maximum Gasteiger partial charge on any atom is 0.123 e. The minimum absolute atomic E-state index is 0.0491. The van der Waals surface area contributed by atoms with Crippen LogP contribution >= 0.6 is 0 Å². The van der Waals surface area contributed by atoms with Crippen LogP contribution in [-0.2, 0) is 0 Å². The Kier molecular flexibility index (Phi) is 3.82. The molecule has 0 aliphatic heterocycles. The van der Waals surface area contributed by atoms with Crippen LogP contribution in [0.15, 0.2) is 34.9 Å². The van der Waals surface area contributed by atoms with E-state index in [9.17, 15) is 4.39 Å². The summed E-state index contributed by atoms with van der Waals surface area (Å²) in [5.74, 6) is 0.683. The Bertz CT molecular complexity index is 533. The molecule has 1 unspecified atom stereocenters. The van der Waals surface area contributed by atoms with Crippen LogP contribution in [-0.4, -0.2) is 6.54 Å². The summed E-state index contributed by atoms with van der Waals surface area (Å²) in [6.45, 7) is 6.74. The van der Waals surface area contributed by atoms with E-state index in [4.69, 9.17) is 4.42 Å². The minimum atomic E-state index is -0.199. The van der Waals surface area contributed by atoms with Crippen molar-refractivity contribution in [2.24, 2.45) is 0 Å². The number of hydrogen-bond acceptors (Lipinski definition) is 2. The van der Waals surface area contributed by atoms with Crippen molar-refractivity contribution >= 4 is 0 Å². The lowest BCUT2D eigenvalue weighted by molar-refractivity contribution is 0.525. The molecule has 0 fully saturated rings. The maximum absolute atomic E-state index is 13.2. The molecule has 0 spiro atoms. The molecule has 2 nitrogen and oxygen atoms in total. The molecular weight excluding hydrogens is 229 g/mol. The van der Waals surface area contributed by atoms with Gasteiger partial charge in [0.25, 0.3) is 0 Å². The summed E-state index contributed by atoms with van der Waals surface area (Å²) in [4.78, 5) is 0. The van der Waals surface area contributed by atoms with Crippen LogP contribution in [0.5, 0.6) is 0 Å². The van der Waals surface area contributed by atoms with Gasteiger partial charge in [-0.15, -0.1) is 0 Å². The molecule has 3 heteroatoms. The quantitative estimate of drug-likeness (QED) is 0.890. The molecule has 96 valence electrons. The summed E-state index contributed by atoms with van der Waals surface area (Å²) in [5, 5.41) is 3.41. The van der Waals surface area contributed by atoms with Crippen LogP contribution in [0.4, 0.5) is 4.39 Å². The molecule has 2 aromatic rings. The second-order valence-corrected chi connectivity index (χ2v) is 4.48. The molecule has 0 amide bonds. The van der Waals surface area contributed by atoms with Crippen LogP contribution in [0.1, 0.15) is 35.4 Å². The second-order valence-electron chi connectivity index (χ2n) is 4.48. The number of rotatable bonds is 4. The van der Waals surface area contributed by atoms with Crippen LogP contribution < -0.4 is 5.32 Å². The smallest absolute Gasteiger partial charge is 0.123 e. The summed E-state index contributed by atoms with van der Waals surface area (Å²) in [7, 11) is 0. The summed E-state index contributed by atoms with van der Waals surface area (Å²) in [6.07, 6.45) is 1.76. The Balaban J connectivity index is 2.41. The summed E-state index contributed by atoms with van der Waals surface area (Å²) in [5.41, 5.74) is 3.10. The normalized spacial score (nSPS) is 12.7. The van der Waals surface area contributed by atoms with Crippen LogP contribution in [0, 0.1) is 19.7 Å². The number of furan rings is 1. The molecule has 18 heavy (non-hydrogen) atoms. The third kappa shape index (κ3) is 2.62. The molecule has 1 aromatic heterocycles. The van der Waals surface area contributed by atoms with Crippen molar-refractivity contribution < 1.29 is 8.81 Å². The van der Waals surface area contributed by atoms with E-state index in [1.54, 1.807) is 12.3 Å². The van der Waals surface area contributed by atoms with E-state index in [-0.39, 0.29) is 11.9 Å². The molecular formula is C15H18FNO. The van der Waals surface area contributed by atoms with E-state index >= 15 is 0 Å². The van der Waals surface area contributed by atoms with Gasteiger partial charge in [0.2, 0.25) is 0 Å². The van der Waals surface area contributed by atoms with E-state index in [2.05, 4.69) is 12.2 Å². The average molecular weight is 247 g/mol. The van der Waals surface area contributed by atoms with Gasteiger partial charge in [-0.05, 0) is 49.7 Å². The molecule has 1 heterocycles. The van der Waals surface area contributed by atoms with Crippen molar-refractivity contribution in [3.05, 3.63) is 58.8 Å². The number of halogens is 1. The fraction of sp³-hybridized carbons (Fsp3) is 0.333. The Morgan fingerprint density at radius 3 is 2.61 bits per heavy atom. The topological polar surface area (TPSA) is 25.2 Å². The monoisotopic (exact) mass is 247 g/mol. The standard InChI is InChI=1S/C15H18FNO/c1-4-17-15(12-8-11(3)18-9-12)14-6-5-13(16)7-10(14)2/h5-9,15,17H,4H2,1-3H3. The summed E-state index contributed by atoms with van der Waals surface area (Å²) < 4.78 is 18.5. The molecule has 0 bridgehead atoms. The zero-order chi connectivity index (χ0) is 13.1. The molecule has 1 atom stereocenters. The van der Waals surface area contributed by atoms with Crippen molar-refractivity contribution in [1.82, 2.24) is 5.32 Å². The van der Waals surface area contributed by atoms with Crippen LogP contribution in [0.25, 0.3) is 0 Å². The number of hydrogen-bond donors (Lipinski definition) is 1. The highest BCUT2D eigenvalue weighted by atomic mass is 19.1. The van der Waals surface area contributed by atoms with Gasteiger partial charge in [0.1, 0.15) is 11.6 Å². The van der Waals surface area contributed by atoms with Gasteiger partial charge >= 0.3 is 0 Å². The van der Waals surface area contributed by atoms with E-state index < -0.39 is 0 Å². The Hall–Kier alpha value is -1.61. The van der Waals surface area contributed by atoms with Crippen LogP contribution in [0.3, 0.4) is 0 Å². The number of benzene rings is 1. The third-order valence-corrected chi connectivity index (χ3v) is 3.04. The lowest BCUT2D eigenvalue weighted by atomic mass is 9.96. The Labute approximate surface area is 107 Å². The van der Waals surface area contributed by atoms with E-state index in [0.29, 0.717) is 0 Å². The maximum atomic E-state index is 13.2. The van der Waals surface area contributed by atoms with Crippen molar-refractivity contribution in [3.8, 4) is 0 Å². The zero-order valence-corrected chi connectivity index (χ0v) is 11.0. The van der Waals surface area contributed by atoms with E-state index in [1.165, 1.54) is 6.07 Å². The third-order valence-electron chi connectivity index (χ3n) is 3.04. The lowest BCUT2D eigenvalue weighted by Gasteiger charge is -2.19. The molecule has 1 aromatic carbocycles. The van der Waals surface area contributed by atoms with E-state index in [0.717, 1.165) is 29.0 Å². The molecule has 0 aliphatic carbocycles. The van der Waals surface area contributed by atoms with Gasteiger partial charge < -0.3 is 9.73 Å². The average Bonchev–Trinajstić information content (AvgIpc) is 2.73. The predicted octanol–water partition coefficient (Wildman–Crippen LogP) is 3.73. The molecule has 2 rings (SSSR count). The molecule has 1 N–H and O–H groups in total. The highest BCUT2D eigenvalue weighted by molar-refractivity contribution is 5.36. The highest BCUT2D eigenvalue weighted by Crippen LogP contribution is 2.26. The Morgan fingerprint density at radius 2 is 2.06 bits per heavy atom. The first kappa shape index (κ1) is 12.8. The van der Waals surface area contributed by atoms with E-state index in [1.807, 2.05) is 26.0 Å². The first-order chi connectivity index (χ1) is 8.61. The zero-order valence-electron chi connectivity index (χ0n) is 11.0. The molecule has 0 saturated carbocycles. The Morgan fingerprint density at radius 1 is 1.28 bits per heavy atom. The SMILES string of the molecule is CCNC(c1coc(C)c1)c1ccc(F)cc1C. The van der Waals surface area contributed by atoms with Gasteiger partial charge in [-0.25, -0.2) is 4.39 Å². The van der Waals surface area contributed by atoms with Gasteiger partial charge in [-0.3, -0.25) is 0 Å². The van der Waals surface area contributed by atoms with Crippen molar-refractivity contribution in [3.63, 3.8) is 0 Å². The fourth-order valence-electron chi connectivity index (χ4n) is 2.19. The molecule has 0 aliphatic rings. The van der Waals surface area contributed by atoms with Gasteiger partial charge in [-0.1, -0.05) is 13.0 Å². The molecule has 0 radical (unpaired) electrons. The lowest BCUT2D eigenvalue weighted by Crippen LogP contribution is -2.22. The van der Waals surface area contributed by atoms with Gasteiger partial charge in [0.05, 0.1) is 12.3 Å². The number of nitrogens with one attached hydrogen (secondary N) is 1. The summed E-state index contributed by atoms with van der Waals surface area (Å²) in [6, 6.07) is 6.95. The minimum Gasteiger partial charge on any atom is -0.469 e. The second kappa shape index (κ2) is 5.36. The van der Waals surface area contributed by atoms with Crippen molar-refractivity contribution in [2.45, 2.75) is 26.8 Å². The summed E-state index contributed by atoms with van der Waals surface area (Å²) >= 11 is 0. The van der Waals surface area contributed by atoms with Gasteiger partial charge in [0.15, 0.2) is 0 Å². The first-order valence-corrected chi connectivity index (χ1v) is 6.16. The highest BCUT2D eigenvalue weighted by Gasteiger charge is 2.17. The largest absolute Gasteiger partial charge is 0.469 e. The van der Waals surface area contributed by atoms with Gasteiger partial charge in [0, 0.05) is 5.56 Å². The fourth-order valence-corrected chi connectivity index (χ4v) is 2.19. The molecule has 0 saturated heterocycles.